The van der Waals surface area contributed by atoms with E-state index in [0.717, 1.165) is 11.1 Å². The predicted molar refractivity (Wildman–Crippen MR) is 95.0 cm³/mol. The normalized spacial score (nSPS) is 12.1. The number of nitriles is 1. The van der Waals surface area contributed by atoms with Crippen molar-refractivity contribution in [2.75, 3.05) is 0 Å². The van der Waals surface area contributed by atoms with Gasteiger partial charge >= 0.3 is 0 Å². The molecule has 1 amide bonds. The van der Waals surface area contributed by atoms with Gasteiger partial charge in [-0.15, -0.1) is 0 Å². The quantitative estimate of drug-likeness (QED) is 0.622. The third kappa shape index (κ3) is 5.15. The van der Waals surface area contributed by atoms with Crippen LogP contribution in [-0.2, 0) is 11.3 Å². The Kier molecular flexibility index (Phi) is 6.41. The van der Waals surface area contributed by atoms with Crippen molar-refractivity contribution in [3.63, 3.8) is 0 Å². The van der Waals surface area contributed by atoms with Crippen LogP contribution in [0.1, 0.15) is 24.1 Å². The van der Waals surface area contributed by atoms with Crippen molar-refractivity contribution in [2.45, 2.75) is 19.5 Å². The molecule has 2 N–H and O–H groups in total. The number of hydrogen-bond donors (Lipinski definition) is 2. The summed E-state index contributed by atoms with van der Waals surface area (Å²) in [5.74, 6) is -0.405. The molecule has 24 heavy (non-hydrogen) atoms. The van der Waals surface area contributed by atoms with Crippen LogP contribution >= 0.6 is 11.6 Å². The van der Waals surface area contributed by atoms with E-state index in [0.29, 0.717) is 11.6 Å². The van der Waals surface area contributed by atoms with Crippen LogP contribution in [0.25, 0.3) is 0 Å². The van der Waals surface area contributed by atoms with E-state index >= 15 is 0 Å². The highest BCUT2D eigenvalue weighted by atomic mass is 35.5. The van der Waals surface area contributed by atoms with Gasteiger partial charge in [0.05, 0.1) is 6.04 Å². The highest BCUT2D eigenvalue weighted by molar-refractivity contribution is 6.30. The van der Waals surface area contributed by atoms with Gasteiger partial charge in [-0.25, -0.2) is 0 Å². The van der Waals surface area contributed by atoms with Crippen molar-refractivity contribution in [1.82, 2.24) is 10.6 Å². The van der Waals surface area contributed by atoms with Gasteiger partial charge in [0.15, 0.2) is 0 Å². The second-order valence-corrected chi connectivity index (χ2v) is 5.72. The molecule has 0 saturated heterocycles. The van der Waals surface area contributed by atoms with Crippen LogP contribution in [0.5, 0.6) is 0 Å². The Hall–Kier alpha value is -2.77. The zero-order chi connectivity index (χ0) is 17.4. The number of nitrogens with zero attached hydrogens (tertiary/aromatic N) is 1. The van der Waals surface area contributed by atoms with Crippen LogP contribution < -0.4 is 10.6 Å². The molecule has 5 heteroatoms. The molecule has 0 heterocycles. The Morgan fingerprint density at radius 3 is 2.50 bits per heavy atom. The lowest BCUT2D eigenvalue weighted by Crippen LogP contribution is -2.28. The molecule has 2 rings (SSSR count). The molecule has 2 aromatic carbocycles. The third-order valence-electron chi connectivity index (χ3n) is 3.48. The first-order valence-corrected chi connectivity index (χ1v) is 7.92. The topological polar surface area (TPSA) is 64.9 Å². The maximum absolute atomic E-state index is 12.2. The average Bonchev–Trinajstić information content (AvgIpc) is 2.61. The van der Waals surface area contributed by atoms with Gasteiger partial charge in [0.25, 0.3) is 5.91 Å². The number of rotatable bonds is 6. The van der Waals surface area contributed by atoms with Crippen molar-refractivity contribution in [3.05, 3.63) is 82.5 Å². The van der Waals surface area contributed by atoms with E-state index in [1.807, 2.05) is 55.5 Å². The Morgan fingerprint density at radius 2 is 1.88 bits per heavy atom. The zero-order valence-corrected chi connectivity index (χ0v) is 14.0. The minimum atomic E-state index is -0.405. The zero-order valence-electron chi connectivity index (χ0n) is 13.3. The van der Waals surface area contributed by atoms with Crippen LogP contribution in [0, 0.1) is 11.3 Å². The summed E-state index contributed by atoms with van der Waals surface area (Å²) in [6, 6.07) is 18.7. The molecule has 0 fully saturated rings. The summed E-state index contributed by atoms with van der Waals surface area (Å²) in [6.07, 6.45) is 1.43. The van der Waals surface area contributed by atoms with Crippen molar-refractivity contribution in [2.24, 2.45) is 0 Å². The van der Waals surface area contributed by atoms with Crippen LogP contribution in [-0.4, -0.2) is 5.91 Å². The van der Waals surface area contributed by atoms with Crippen LogP contribution in [0.2, 0.25) is 5.02 Å². The first-order valence-electron chi connectivity index (χ1n) is 7.54. The largest absolute Gasteiger partial charge is 0.386 e. The van der Waals surface area contributed by atoms with E-state index < -0.39 is 5.91 Å². The van der Waals surface area contributed by atoms with Gasteiger partial charge in [-0.3, -0.25) is 4.79 Å². The molecule has 0 saturated carbocycles. The van der Waals surface area contributed by atoms with E-state index in [9.17, 15) is 10.1 Å². The van der Waals surface area contributed by atoms with E-state index in [1.54, 1.807) is 12.1 Å². The third-order valence-corrected chi connectivity index (χ3v) is 3.73. The molecule has 0 spiro atoms. The summed E-state index contributed by atoms with van der Waals surface area (Å²) in [7, 11) is 0. The summed E-state index contributed by atoms with van der Waals surface area (Å²) < 4.78 is 0. The highest BCUT2D eigenvalue weighted by Crippen LogP contribution is 2.12. The van der Waals surface area contributed by atoms with Gasteiger partial charge < -0.3 is 10.6 Å². The van der Waals surface area contributed by atoms with Crippen LogP contribution in [0.4, 0.5) is 0 Å². The number of halogens is 1. The monoisotopic (exact) mass is 339 g/mol. The first-order chi connectivity index (χ1) is 11.6. The van der Waals surface area contributed by atoms with Gasteiger partial charge in [0.1, 0.15) is 11.6 Å². The number of benzene rings is 2. The van der Waals surface area contributed by atoms with Crippen LogP contribution in [0.3, 0.4) is 0 Å². The van der Waals surface area contributed by atoms with Crippen molar-refractivity contribution < 1.29 is 4.79 Å². The molecule has 0 aliphatic rings. The molecule has 0 bridgehead atoms. The standard InChI is InChI=1S/C19H18ClN3O/c1-14(16-5-3-2-4-6-16)23-19(24)17(11-21)13-22-12-15-7-9-18(20)10-8-15/h2-10,13-14,22H,12H2,1H3,(H,23,24)/b17-13-. The summed E-state index contributed by atoms with van der Waals surface area (Å²) >= 11 is 5.83. The number of carbonyl (C=O) groups is 1. The number of hydrogen-bond acceptors (Lipinski definition) is 3. The summed E-state index contributed by atoms with van der Waals surface area (Å²) in [4.78, 5) is 12.2. The molecular formula is C19H18ClN3O. The first kappa shape index (κ1) is 17.6. The van der Waals surface area contributed by atoms with Crippen molar-refractivity contribution in [3.8, 4) is 6.07 Å². The smallest absolute Gasteiger partial charge is 0.263 e. The minimum Gasteiger partial charge on any atom is -0.386 e. The van der Waals surface area contributed by atoms with E-state index in [-0.39, 0.29) is 11.6 Å². The van der Waals surface area contributed by atoms with Gasteiger partial charge in [-0.1, -0.05) is 54.1 Å². The van der Waals surface area contributed by atoms with Gasteiger partial charge in [-0.2, -0.15) is 5.26 Å². The highest BCUT2D eigenvalue weighted by Gasteiger charge is 2.13. The Labute approximate surface area is 146 Å². The molecule has 4 nitrogen and oxygen atoms in total. The van der Waals surface area contributed by atoms with Crippen LogP contribution in [0.15, 0.2) is 66.4 Å². The number of amides is 1. The fraction of sp³-hybridized carbons (Fsp3) is 0.158. The minimum absolute atomic E-state index is 0.0340. The average molecular weight is 340 g/mol. The molecule has 0 radical (unpaired) electrons. The number of nitrogens with one attached hydrogen (secondary N) is 2. The second-order valence-electron chi connectivity index (χ2n) is 5.28. The van der Waals surface area contributed by atoms with Gasteiger partial charge in [0, 0.05) is 17.8 Å². The van der Waals surface area contributed by atoms with Crippen molar-refractivity contribution >= 4 is 17.5 Å². The van der Waals surface area contributed by atoms with E-state index in [2.05, 4.69) is 10.6 Å². The molecule has 0 aromatic heterocycles. The Morgan fingerprint density at radius 1 is 1.21 bits per heavy atom. The fourth-order valence-electron chi connectivity index (χ4n) is 2.12. The maximum Gasteiger partial charge on any atom is 0.263 e. The SMILES string of the molecule is CC(NC(=O)/C(C#N)=C\NCc1ccc(Cl)cc1)c1ccccc1. The van der Waals surface area contributed by atoms with E-state index in [1.165, 1.54) is 6.20 Å². The lowest BCUT2D eigenvalue weighted by atomic mass is 10.1. The summed E-state index contributed by atoms with van der Waals surface area (Å²) in [5.41, 5.74) is 2.02. The molecule has 2 aromatic rings. The summed E-state index contributed by atoms with van der Waals surface area (Å²) in [5, 5.41) is 15.6. The second kappa shape index (κ2) is 8.76. The molecule has 0 aliphatic carbocycles. The Bertz CT molecular complexity index is 748. The maximum atomic E-state index is 12.2. The lowest BCUT2D eigenvalue weighted by molar-refractivity contribution is -0.117. The molecule has 1 unspecified atom stereocenters. The molecular weight excluding hydrogens is 322 g/mol. The molecule has 0 aliphatic heterocycles. The fourth-order valence-corrected chi connectivity index (χ4v) is 2.25. The van der Waals surface area contributed by atoms with Gasteiger partial charge in [-0.05, 0) is 30.2 Å². The van der Waals surface area contributed by atoms with E-state index in [4.69, 9.17) is 11.6 Å². The summed E-state index contributed by atoms with van der Waals surface area (Å²) in [6.45, 7) is 2.38. The molecule has 122 valence electrons. The lowest BCUT2D eigenvalue weighted by Gasteiger charge is -2.13. The van der Waals surface area contributed by atoms with Crippen molar-refractivity contribution in [1.29, 1.82) is 5.26 Å². The molecule has 1 atom stereocenters. The predicted octanol–water partition coefficient (Wildman–Crippen LogP) is 3.71. The van der Waals surface area contributed by atoms with Gasteiger partial charge in [0.2, 0.25) is 0 Å². The Balaban J connectivity index is 1.93. The number of carbonyl (C=O) groups excluding carboxylic acids is 1.